The Bertz CT molecular complexity index is 864. The number of carbonyl (C=O) groups is 2. The molecular weight excluding hydrogens is 380 g/mol. The molecule has 0 spiro atoms. The van der Waals surface area contributed by atoms with E-state index < -0.39 is 12.0 Å². The Morgan fingerprint density at radius 3 is 2.54 bits per heavy atom. The number of halogens is 1. The third kappa shape index (κ3) is 6.04. The molecule has 1 heterocycles. The van der Waals surface area contributed by atoms with Crippen LogP contribution in [0.1, 0.15) is 36.1 Å². The molecule has 0 radical (unpaired) electrons. The highest BCUT2D eigenvalue weighted by Crippen LogP contribution is 2.18. The summed E-state index contributed by atoms with van der Waals surface area (Å²) in [5.74, 6) is -0.379. The van der Waals surface area contributed by atoms with E-state index in [0.29, 0.717) is 17.1 Å². The van der Waals surface area contributed by atoms with Crippen molar-refractivity contribution in [2.45, 2.75) is 32.7 Å². The van der Waals surface area contributed by atoms with E-state index in [1.54, 1.807) is 57.4 Å². The van der Waals surface area contributed by atoms with Gasteiger partial charge in [0.05, 0.1) is 6.61 Å². The first-order chi connectivity index (χ1) is 13.3. The number of esters is 1. The minimum Gasteiger partial charge on any atom is -0.465 e. The van der Waals surface area contributed by atoms with Crippen LogP contribution in [-0.2, 0) is 27.8 Å². The molecule has 6 nitrogen and oxygen atoms in total. The van der Waals surface area contributed by atoms with Crippen molar-refractivity contribution in [3.8, 4) is 0 Å². The zero-order valence-corrected chi connectivity index (χ0v) is 17.1. The van der Waals surface area contributed by atoms with Crippen LogP contribution in [0.15, 0.2) is 41.3 Å². The molecule has 1 atom stereocenters. The standard InChI is InChI=1S/C21H25ClN2O4/c1-4-28-21(27)19(16-5-7-17(22)8-6-16)23-10-9-18(25)12-15-11-14(2)20(26)24(3)13-15/h5-8,11,13,19,23H,4,9-10,12H2,1-3H3. The van der Waals surface area contributed by atoms with Gasteiger partial charge in [-0.3, -0.25) is 9.59 Å². The molecule has 0 bridgehead atoms. The van der Waals surface area contributed by atoms with Gasteiger partial charge in [0.1, 0.15) is 11.8 Å². The fraction of sp³-hybridized carbons (Fsp3) is 0.381. The van der Waals surface area contributed by atoms with Crippen LogP contribution in [0.4, 0.5) is 0 Å². The highest BCUT2D eigenvalue weighted by atomic mass is 35.5. The molecule has 1 unspecified atom stereocenters. The Labute approximate surface area is 169 Å². The molecule has 0 saturated heterocycles. The third-order valence-electron chi connectivity index (χ3n) is 4.30. The lowest BCUT2D eigenvalue weighted by Gasteiger charge is -2.17. The third-order valence-corrected chi connectivity index (χ3v) is 4.55. The maximum atomic E-state index is 12.3. The van der Waals surface area contributed by atoms with Crippen molar-refractivity contribution in [2.75, 3.05) is 13.2 Å². The summed E-state index contributed by atoms with van der Waals surface area (Å²) in [5, 5.41) is 3.67. The first-order valence-corrected chi connectivity index (χ1v) is 9.53. The number of ketones is 1. The molecule has 150 valence electrons. The van der Waals surface area contributed by atoms with Gasteiger partial charge in [0.25, 0.3) is 5.56 Å². The van der Waals surface area contributed by atoms with Crippen LogP contribution in [0.2, 0.25) is 5.02 Å². The lowest BCUT2D eigenvalue weighted by molar-refractivity contribution is -0.146. The number of benzene rings is 1. The van der Waals surface area contributed by atoms with Crippen molar-refractivity contribution in [1.29, 1.82) is 0 Å². The Morgan fingerprint density at radius 1 is 1.25 bits per heavy atom. The maximum Gasteiger partial charge on any atom is 0.327 e. The number of aryl methyl sites for hydroxylation is 2. The summed E-state index contributed by atoms with van der Waals surface area (Å²) in [6.07, 6.45) is 2.17. The fourth-order valence-electron chi connectivity index (χ4n) is 2.95. The van der Waals surface area contributed by atoms with Crippen molar-refractivity contribution in [3.05, 3.63) is 68.6 Å². The summed E-state index contributed by atoms with van der Waals surface area (Å²) in [7, 11) is 1.67. The molecule has 0 amide bonds. The van der Waals surface area contributed by atoms with Gasteiger partial charge in [-0.15, -0.1) is 0 Å². The van der Waals surface area contributed by atoms with Crippen LogP contribution in [0.25, 0.3) is 0 Å². The minimum atomic E-state index is -0.662. The normalized spacial score (nSPS) is 11.9. The van der Waals surface area contributed by atoms with E-state index in [9.17, 15) is 14.4 Å². The Hall–Kier alpha value is -2.44. The topological polar surface area (TPSA) is 77.4 Å². The zero-order chi connectivity index (χ0) is 20.7. The van der Waals surface area contributed by atoms with E-state index >= 15 is 0 Å². The van der Waals surface area contributed by atoms with Gasteiger partial charge in [-0.2, -0.15) is 0 Å². The number of hydrogen-bond donors (Lipinski definition) is 1. The number of ether oxygens (including phenoxy) is 1. The summed E-state index contributed by atoms with van der Waals surface area (Å²) in [4.78, 5) is 36.3. The van der Waals surface area contributed by atoms with Gasteiger partial charge in [-0.25, -0.2) is 4.79 Å². The summed E-state index contributed by atoms with van der Waals surface area (Å²) >= 11 is 5.91. The molecule has 0 aliphatic heterocycles. The van der Waals surface area contributed by atoms with Gasteiger partial charge in [-0.05, 0) is 43.2 Å². The smallest absolute Gasteiger partial charge is 0.327 e. The van der Waals surface area contributed by atoms with Crippen molar-refractivity contribution in [3.63, 3.8) is 0 Å². The number of carbonyl (C=O) groups excluding carboxylic acids is 2. The van der Waals surface area contributed by atoms with Crippen LogP contribution < -0.4 is 10.9 Å². The number of nitrogens with zero attached hydrogens (tertiary/aromatic N) is 1. The molecule has 28 heavy (non-hydrogen) atoms. The van der Waals surface area contributed by atoms with Gasteiger partial charge in [0.15, 0.2) is 0 Å². The first-order valence-electron chi connectivity index (χ1n) is 9.15. The van der Waals surface area contributed by atoms with Gasteiger partial charge in [0.2, 0.25) is 0 Å². The summed E-state index contributed by atoms with van der Waals surface area (Å²) in [5.41, 5.74) is 2.06. The highest BCUT2D eigenvalue weighted by molar-refractivity contribution is 6.30. The molecule has 1 aromatic heterocycles. The number of pyridine rings is 1. The predicted octanol–water partition coefficient (Wildman–Crippen LogP) is 2.74. The van der Waals surface area contributed by atoms with Crippen molar-refractivity contribution in [2.24, 2.45) is 7.05 Å². The number of aromatic nitrogens is 1. The molecule has 2 rings (SSSR count). The lowest BCUT2D eigenvalue weighted by atomic mass is 10.1. The van der Waals surface area contributed by atoms with E-state index in [-0.39, 0.29) is 30.8 Å². The summed E-state index contributed by atoms with van der Waals surface area (Å²) in [6.45, 7) is 4.08. The molecule has 0 aliphatic carbocycles. The second-order valence-corrected chi connectivity index (χ2v) is 7.04. The van der Waals surface area contributed by atoms with Crippen molar-refractivity contribution >= 4 is 23.4 Å². The van der Waals surface area contributed by atoms with E-state index in [0.717, 1.165) is 11.1 Å². The molecule has 0 saturated carbocycles. The van der Waals surface area contributed by atoms with E-state index in [2.05, 4.69) is 5.32 Å². The highest BCUT2D eigenvalue weighted by Gasteiger charge is 2.21. The minimum absolute atomic E-state index is 0.0178. The van der Waals surface area contributed by atoms with Crippen molar-refractivity contribution in [1.82, 2.24) is 9.88 Å². The average Bonchev–Trinajstić information content (AvgIpc) is 2.64. The first kappa shape index (κ1) is 21.9. The van der Waals surface area contributed by atoms with E-state index in [1.807, 2.05) is 0 Å². The number of rotatable bonds is 9. The van der Waals surface area contributed by atoms with Crippen LogP contribution in [0.5, 0.6) is 0 Å². The monoisotopic (exact) mass is 404 g/mol. The van der Waals surface area contributed by atoms with Crippen molar-refractivity contribution < 1.29 is 14.3 Å². The van der Waals surface area contributed by atoms with Crippen LogP contribution in [0, 0.1) is 6.92 Å². The Morgan fingerprint density at radius 2 is 1.93 bits per heavy atom. The molecule has 0 fully saturated rings. The number of Topliss-reactive ketones (excluding diaryl/α,β-unsaturated/α-hetero) is 1. The van der Waals surface area contributed by atoms with Gasteiger partial charge in [0, 0.05) is 43.2 Å². The van der Waals surface area contributed by atoms with Gasteiger partial charge < -0.3 is 14.6 Å². The largest absolute Gasteiger partial charge is 0.465 e. The quantitative estimate of drug-likeness (QED) is 0.650. The summed E-state index contributed by atoms with van der Waals surface area (Å²) < 4.78 is 6.61. The van der Waals surface area contributed by atoms with E-state index in [1.165, 1.54) is 4.57 Å². The van der Waals surface area contributed by atoms with Crippen LogP contribution in [-0.4, -0.2) is 29.5 Å². The van der Waals surface area contributed by atoms with Gasteiger partial charge in [-0.1, -0.05) is 23.7 Å². The molecule has 0 aliphatic rings. The lowest BCUT2D eigenvalue weighted by Crippen LogP contribution is -2.32. The second-order valence-electron chi connectivity index (χ2n) is 6.60. The fourth-order valence-corrected chi connectivity index (χ4v) is 3.08. The predicted molar refractivity (Wildman–Crippen MR) is 109 cm³/mol. The number of hydrogen-bond acceptors (Lipinski definition) is 5. The van der Waals surface area contributed by atoms with E-state index in [4.69, 9.17) is 16.3 Å². The SMILES string of the molecule is CCOC(=O)C(NCCC(=O)Cc1cc(C)c(=O)n(C)c1)c1ccc(Cl)cc1. The van der Waals surface area contributed by atoms with Crippen LogP contribution in [0.3, 0.4) is 0 Å². The van der Waals surface area contributed by atoms with Crippen LogP contribution >= 0.6 is 11.6 Å². The molecular formula is C21H25ClN2O4. The number of nitrogens with one attached hydrogen (secondary N) is 1. The average molecular weight is 405 g/mol. The zero-order valence-electron chi connectivity index (χ0n) is 16.3. The molecule has 7 heteroatoms. The Kier molecular flexibility index (Phi) is 7.96. The maximum absolute atomic E-state index is 12.3. The molecule has 1 N–H and O–H groups in total. The Balaban J connectivity index is 1.97. The molecule has 1 aromatic carbocycles. The molecule has 2 aromatic rings. The second kappa shape index (κ2) is 10.2. The summed E-state index contributed by atoms with van der Waals surface area (Å²) in [6, 6.07) is 8.00. The van der Waals surface area contributed by atoms with Gasteiger partial charge >= 0.3 is 5.97 Å².